The summed E-state index contributed by atoms with van der Waals surface area (Å²) in [7, 11) is 0. The molecule has 1 N–H and O–H groups in total. The van der Waals surface area contributed by atoms with Crippen molar-refractivity contribution >= 4 is 29.1 Å². The first kappa shape index (κ1) is 19.8. The molecule has 0 bridgehead atoms. The second-order valence-electron chi connectivity index (χ2n) is 7.58. The predicted molar refractivity (Wildman–Crippen MR) is 114 cm³/mol. The fourth-order valence-electron chi connectivity index (χ4n) is 3.54. The van der Waals surface area contributed by atoms with Crippen LogP contribution in [0.4, 0.5) is 0 Å². The molecule has 29 heavy (non-hydrogen) atoms. The molecule has 0 atom stereocenters. The number of halogens is 2. The Bertz CT molecular complexity index is 1030. The highest BCUT2D eigenvalue weighted by Gasteiger charge is 2.36. The van der Waals surface area contributed by atoms with Crippen molar-refractivity contribution in [2.45, 2.75) is 32.4 Å². The fourth-order valence-corrected chi connectivity index (χ4v) is 3.79. The lowest BCUT2D eigenvalue weighted by Gasteiger charge is -2.34. The van der Waals surface area contributed by atoms with E-state index < -0.39 is 5.60 Å². The van der Waals surface area contributed by atoms with Crippen LogP contribution < -0.4 is 4.74 Å². The van der Waals surface area contributed by atoms with E-state index in [2.05, 4.69) is 10.2 Å². The molecular weight excluding hydrogens is 409 g/mol. The number of benzene rings is 2. The van der Waals surface area contributed by atoms with E-state index in [1.165, 1.54) is 0 Å². The van der Waals surface area contributed by atoms with Gasteiger partial charge in [0.25, 0.3) is 5.91 Å². The Balaban J connectivity index is 1.54. The molecule has 0 aliphatic carbocycles. The summed E-state index contributed by atoms with van der Waals surface area (Å²) in [5, 5.41) is 8.90. The van der Waals surface area contributed by atoms with E-state index in [-0.39, 0.29) is 5.91 Å². The number of hydrogen-bond donors (Lipinski definition) is 1. The van der Waals surface area contributed by atoms with Gasteiger partial charge in [0.05, 0.1) is 5.69 Å². The molecule has 0 saturated carbocycles. The second kappa shape index (κ2) is 7.73. The number of hydrogen-bond acceptors (Lipinski definition) is 3. The van der Waals surface area contributed by atoms with Gasteiger partial charge in [-0.3, -0.25) is 9.89 Å². The number of ether oxygens (including phenoxy) is 1. The standard InChI is InChI=1S/C22H21Cl2N3O2/c1-22(2,29-17-9-7-16(24)8-10-17)21(28)27-12-11-19-18(13-27)20(26-25-19)14-3-5-15(23)6-4-14/h3-10H,11-13H2,1-2H3,(H,25,26). The van der Waals surface area contributed by atoms with Crippen LogP contribution in [0.15, 0.2) is 48.5 Å². The zero-order valence-electron chi connectivity index (χ0n) is 16.2. The molecular formula is C22H21Cl2N3O2. The Morgan fingerprint density at radius 3 is 2.34 bits per heavy atom. The molecule has 1 aromatic heterocycles. The van der Waals surface area contributed by atoms with Crippen LogP contribution in [0.2, 0.25) is 10.0 Å². The minimum absolute atomic E-state index is 0.0682. The van der Waals surface area contributed by atoms with Gasteiger partial charge in [-0.2, -0.15) is 5.10 Å². The Morgan fingerprint density at radius 1 is 1.07 bits per heavy atom. The molecule has 0 fully saturated rings. The lowest BCUT2D eigenvalue weighted by Crippen LogP contribution is -2.50. The highest BCUT2D eigenvalue weighted by Crippen LogP contribution is 2.31. The van der Waals surface area contributed by atoms with Crippen LogP contribution in [0.25, 0.3) is 11.3 Å². The maximum Gasteiger partial charge on any atom is 0.266 e. The third kappa shape index (κ3) is 4.11. The van der Waals surface area contributed by atoms with Gasteiger partial charge >= 0.3 is 0 Å². The number of aromatic nitrogens is 2. The Morgan fingerprint density at radius 2 is 1.69 bits per heavy atom. The number of H-pyrrole nitrogens is 1. The molecule has 150 valence electrons. The number of nitrogens with one attached hydrogen (secondary N) is 1. The fraction of sp³-hybridized carbons (Fsp3) is 0.273. The summed E-state index contributed by atoms with van der Waals surface area (Å²) in [5.41, 5.74) is 2.92. The van der Waals surface area contributed by atoms with E-state index >= 15 is 0 Å². The summed E-state index contributed by atoms with van der Waals surface area (Å²) in [4.78, 5) is 15.1. The maximum atomic E-state index is 13.2. The molecule has 1 aliphatic heterocycles. The van der Waals surface area contributed by atoms with Gasteiger partial charge in [0, 0.05) is 46.4 Å². The summed E-state index contributed by atoms with van der Waals surface area (Å²) >= 11 is 11.9. The van der Waals surface area contributed by atoms with E-state index in [0.29, 0.717) is 28.9 Å². The summed E-state index contributed by atoms with van der Waals surface area (Å²) in [6.45, 7) is 4.67. The van der Waals surface area contributed by atoms with Crippen LogP contribution in [0.5, 0.6) is 5.75 Å². The van der Waals surface area contributed by atoms with Gasteiger partial charge in [-0.25, -0.2) is 0 Å². The molecule has 1 amide bonds. The number of rotatable bonds is 4. The molecule has 1 aliphatic rings. The van der Waals surface area contributed by atoms with Crippen molar-refractivity contribution in [2.75, 3.05) is 6.54 Å². The first-order chi connectivity index (χ1) is 13.8. The Kier molecular flexibility index (Phi) is 5.28. The molecule has 7 heteroatoms. The monoisotopic (exact) mass is 429 g/mol. The van der Waals surface area contributed by atoms with Gasteiger partial charge in [-0.15, -0.1) is 0 Å². The number of fused-ring (bicyclic) bond motifs is 1. The summed E-state index contributed by atoms with van der Waals surface area (Å²) in [6, 6.07) is 14.6. The minimum Gasteiger partial charge on any atom is -0.478 e. The van der Waals surface area contributed by atoms with E-state index in [4.69, 9.17) is 27.9 Å². The summed E-state index contributed by atoms with van der Waals surface area (Å²) in [6.07, 6.45) is 0.721. The smallest absolute Gasteiger partial charge is 0.266 e. The van der Waals surface area contributed by atoms with Crippen molar-refractivity contribution in [3.05, 3.63) is 69.8 Å². The maximum absolute atomic E-state index is 13.2. The minimum atomic E-state index is -1.00. The van der Waals surface area contributed by atoms with Crippen molar-refractivity contribution in [3.8, 4) is 17.0 Å². The first-order valence-corrected chi connectivity index (χ1v) is 10.1. The van der Waals surface area contributed by atoms with Crippen molar-refractivity contribution in [1.82, 2.24) is 15.1 Å². The van der Waals surface area contributed by atoms with Crippen LogP contribution in [0.3, 0.4) is 0 Å². The average molecular weight is 430 g/mol. The van der Waals surface area contributed by atoms with E-state index in [1.807, 2.05) is 29.2 Å². The second-order valence-corrected chi connectivity index (χ2v) is 8.45. The van der Waals surface area contributed by atoms with Crippen LogP contribution >= 0.6 is 23.2 Å². The van der Waals surface area contributed by atoms with Gasteiger partial charge in [0.15, 0.2) is 5.60 Å². The topological polar surface area (TPSA) is 58.2 Å². The van der Waals surface area contributed by atoms with Crippen molar-refractivity contribution in [1.29, 1.82) is 0 Å². The highest BCUT2D eigenvalue weighted by atomic mass is 35.5. The normalized spacial score (nSPS) is 13.9. The predicted octanol–water partition coefficient (Wildman–Crippen LogP) is 5.13. The SMILES string of the molecule is CC(C)(Oc1ccc(Cl)cc1)C(=O)N1CCc2[nH]nc(-c3ccc(Cl)cc3)c2C1. The quantitative estimate of drug-likeness (QED) is 0.625. The van der Waals surface area contributed by atoms with Gasteiger partial charge in [-0.1, -0.05) is 35.3 Å². The average Bonchev–Trinajstić information content (AvgIpc) is 3.13. The molecule has 0 unspecified atom stereocenters. The van der Waals surface area contributed by atoms with Crippen molar-refractivity contribution < 1.29 is 9.53 Å². The Labute approximate surface area is 179 Å². The van der Waals surface area contributed by atoms with Crippen LogP contribution in [0, 0.1) is 0 Å². The molecule has 2 aromatic carbocycles. The van der Waals surface area contributed by atoms with Gasteiger partial charge in [0.1, 0.15) is 5.75 Å². The third-order valence-electron chi connectivity index (χ3n) is 5.04. The van der Waals surface area contributed by atoms with Gasteiger partial charge in [-0.05, 0) is 50.2 Å². The highest BCUT2D eigenvalue weighted by molar-refractivity contribution is 6.30. The van der Waals surface area contributed by atoms with Crippen LogP contribution in [0.1, 0.15) is 25.1 Å². The largest absolute Gasteiger partial charge is 0.478 e. The zero-order valence-corrected chi connectivity index (χ0v) is 17.7. The first-order valence-electron chi connectivity index (χ1n) is 9.39. The van der Waals surface area contributed by atoms with Crippen LogP contribution in [-0.2, 0) is 17.8 Å². The Hall–Kier alpha value is -2.50. The summed E-state index contributed by atoms with van der Waals surface area (Å²) < 4.78 is 5.98. The molecule has 0 radical (unpaired) electrons. The molecule has 0 saturated heterocycles. The number of amides is 1. The molecule has 4 rings (SSSR count). The van der Waals surface area contributed by atoms with Crippen molar-refractivity contribution in [2.24, 2.45) is 0 Å². The number of nitrogens with zero attached hydrogens (tertiary/aromatic N) is 2. The molecule has 2 heterocycles. The zero-order chi connectivity index (χ0) is 20.6. The third-order valence-corrected chi connectivity index (χ3v) is 5.54. The van der Waals surface area contributed by atoms with Crippen molar-refractivity contribution in [3.63, 3.8) is 0 Å². The molecule has 3 aromatic rings. The van der Waals surface area contributed by atoms with Crippen LogP contribution in [-0.4, -0.2) is 33.2 Å². The van der Waals surface area contributed by atoms with E-state index in [0.717, 1.165) is 28.9 Å². The van der Waals surface area contributed by atoms with Gasteiger partial charge < -0.3 is 9.64 Å². The number of carbonyl (C=O) groups is 1. The number of carbonyl (C=O) groups excluding carboxylic acids is 1. The van der Waals surface area contributed by atoms with E-state index in [1.54, 1.807) is 38.1 Å². The number of aromatic amines is 1. The van der Waals surface area contributed by atoms with Gasteiger partial charge in [0.2, 0.25) is 0 Å². The lowest BCUT2D eigenvalue weighted by atomic mass is 9.99. The van der Waals surface area contributed by atoms with E-state index in [9.17, 15) is 4.79 Å². The molecule has 0 spiro atoms. The molecule has 5 nitrogen and oxygen atoms in total. The summed E-state index contributed by atoms with van der Waals surface area (Å²) in [5.74, 6) is 0.539. The lowest BCUT2D eigenvalue weighted by molar-refractivity contribution is -0.146.